The van der Waals surface area contributed by atoms with E-state index in [2.05, 4.69) is 0 Å². The number of hydrogen-bond acceptors (Lipinski definition) is 26. The van der Waals surface area contributed by atoms with Gasteiger partial charge in [-0.15, -0.1) is 0 Å². The summed E-state index contributed by atoms with van der Waals surface area (Å²) in [5, 5.41) is 157. The molecule has 26 heteroatoms. The first-order valence-electron chi connectivity index (χ1n) is 18.4. The molecule has 15 N–H and O–H groups in total. The molecule has 5 aliphatic heterocycles. The van der Waals surface area contributed by atoms with E-state index in [1.807, 2.05) is 0 Å². The van der Waals surface area contributed by atoms with Crippen LogP contribution in [0.25, 0.3) is 0 Å². The van der Waals surface area contributed by atoms with E-state index in [-0.39, 0.29) is 6.61 Å². The first-order chi connectivity index (χ1) is 27.5. The maximum Gasteiger partial charge on any atom is 0.187 e. The molecule has 0 aromatic rings. The second-order valence-electron chi connectivity index (χ2n) is 14.5. The number of aliphatic hydroxyl groups is 15. The van der Waals surface area contributed by atoms with Crippen LogP contribution in [0.1, 0.15) is 0 Å². The Kier molecular flexibility index (Phi) is 17.3. The molecule has 5 saturated heterocycles. The van der Waals surface area contributed by atoms with E-state index in [4.69, 9.17) is 52.1 Å². The van der Waals surface area contributed by atoms with Crippen molar-refractivity contribution in [2.45, 2.75) is 154 Å². The highest BCUT2D eigenvalue weighted by atomic mass is 16.8. The van der Waals surface area contributed by atoms with Crippen molar-refractivity contribution < 1.29 is 129 Å². The minimum atomic E-state index is -1.99. The summed E-state index contributed by atoms with van der Waals surface area (Å²) in [6, 6.07) is 0. The van der Waals surface area contributed by atoms with E-state index in [0.29, 0.717) is 0 Å². The third-order valence-corrected chi connectivity index (χ3v) is 10.7. The molecular weight excluding hydrogens is 800 g/mol. The van der Waals surface area contributed by atoms with E-state index >= 15 is 0 Å². The highest BCUT2D eigenvalue weighted by molar-refractivity contribution is 4.98. The van der Waals surface area contributed by atoms with E-state index < -0.39 is 180 Å². The molecule has 5 heterocycles. The lowest BCUT2D eigenvalue weighted by atomic mass is 9.96. The molecule has 58 heavy (non-hydrogen) atoms. The summed E-state index contributed by atoms with van der Waals surface area (Å²) in [5.41, 5.74) is 0. The minimum Gasteiger partial charge on any atom is -0.394 e. The van der Waals surface area contributed by atoms with Crippen molar-refractivity contribution in [3.05, 3.63) is 0 Å². The van der Waals surface area contributed by atoms with Crippen molar-refractivity contribution >= 4 is 0 Å². The van der Waals surface area contributed by atoms with Gasteiger partial charge < -0.3 is 129 Å². The van der Waals surface area contributed by atoms with Crippen molar-refractivity contribution in [1.29, 1.82) is 0 Å². The second kappa shape index (κ2) is 20.9. The molecule has 0 aromatic carbocycles. The smallest absolute Gasteiger partial charge is 0.187 e. The fourth-order valence-electron chi connectivity index (χ4n) is 7.22. The second-order valence-corrected chi connectivity index (χ2v) is 14.5. The molecule has 5 fully saturated rings. The number of rotatable bonds is 15. The molecule has 26 nitrogen and oxygen atoms in total. The summed E-state index contributed by atoms with van der Waals surface area (Å²) < 4.78 is 61.0. The van der Waals surface area contributed by atoms with Gasteiger partial charge in [0.2, 0.25) is 0 Å². The van der Waals surface area contributed by atoms with Crippen molar-refractivity contribution in [3.63, 3.8) is 0 Å². The number of methoxy groups -OCH3 is 2. The average Bonchev–Trinajstić information content (AvgIpc) is 3.21. The maximum atomic E-state index is 11.5. The number of hydrogen-bond donors (Lipinski definition) is 15. The molecule has 5 aliphatic rings. The quantitative estimate of drug-likeness (QED) is 0.0727. The topological polar surface area (TPSA) is 405 Å². The molecule has 0 radical (unpaired) electrons. The maximum absolute atomic E-state index is 11.5. The zero-order valence-electron chi connectivity index (χ0n) is 31.2. The molecular formula is C32H56O26. The molecule has 5 rings (SSSR count). The fraction of sp³-hybridized carbons (Fsp3) is 1.00. The molecule has 0 aromatic heterocycles. The monoisotopic (exact) mass is 856 g/mol. The van der Waals surface area contributed by atoms with Crippen molar-refractivity contribution in [3.8, 4) is 0 Å². The van der Waals surface area contributed by atoms with E-state index in [1.165, 1.54) is 7.11 Å². The van der Waals surface area contributed by atoms with Crippen LogP contribution in [0.15, 0.2) is 0 Å². The Balaban J connectivity index is 1.32. The van der Waals surface area contributed by atoms with Crippen LogP contribution in [0.3, 0.4) is 0 Å². The Morgan fingerprint density at radius 1 is 0.345 bits per heavy atom. The van der Waals surface area contributed by atoms with Gasteiger partial charge in [0.15, 0.2) is 31.5 Å². The summed E-state index contributed by atoms with van der Waals surface area (Å²) in [6.07, 6.45) is -43.8. The van der Waals surface area contributed by atoms with E-state index in [9.17, 15) is 76.6 Å². The zero-order valence-corrected chi connectivity index (χ0v) is 31.2. The predicted octanol–water partition coefficient (Wildman–Crippen LogP) is -10.6. The van der Waals surface area contributed by atoms with E-state index in [1.54, 1.807) is 0 Å². The Hall–Kier alpha value is -1.04. The van der Waals surface area contributed by atoms with Crippen LogP contribution in [0, 0.1) is 0 Å². The van der Waals surface area contributed by atoms with Gasteiger partial charge in [0, 0.05) is 14.2 Å². The predicted molar refractivity (Wildman–Crippen MR) is 176 cm³/mol. The van der Waals surface area contributed by atoms with Crippen LogP contribution < -0.4 is 0 Å². The molecule has 0 amide bonds. The van der Waals surface area contributed by atoms with Crippen LogP contribution in [0.2, 0.25) is 0 Å². The summed E-state index contributed by atoms with van der Waals surface area (Å²) >= 11 is 0. The molecule has 25 atom stereocenters. The normalized spacial score (nSPS) is 51.8. The highest BCUT2D eigenvalue weighted by Gasteiger charge is 2.55. The Labute approximate surface area is 329 Å². The third kappa shape index (κ3) is 9.93. The van der Waals surface area contributed by atoms with Gasteiger partial charge in [-0.25, -0.2) is 0 Å². The fourth-order valence-corrected chi connectivity index (χ4v) is 7.22. The Bertz CT molecular complexity index is 1240. The van der Waals surface area contributed by atoms with E-state index in [0.717, 1.165) is 7.11 Å². The van der Waals surface area contributed by atoms with Gasteiger partial charge >= 0.3 is 0 Å². The zero-order chi connectivity index (χ0) is 42.7. The lowest BCUT2D eigenvalue weighted by Crippen LogP contribution is -2.67. The molecule has 0 aliphatic carbocycles. The SMILES string of the molecule is COC[C@H]1O[C@H](OC[C@H]2O[C@@H](OC)[C@@H](O)[C@@H](O[C@H]3O[C@H](CO)[C@@H](O)[C@H](O)[C@@H]3O[C@H]3O[C@H](CO)[C@@H](O)[C@H](O)[C@@H]3O)[C@@H]2O)[C@@H](O)[C@@H](O[C@H]2O[C@H](CO)[C@@H](O)[C@H](O)[C@@H]2O)[C@@H]1O. The minimum absolute atomic E-state index is 0.304. The van der Waals surface area contributed by atoms with Gasteiger partial charge in [0.1, 0.15) is 122 Å². The molecule has 0 unspecified atom stereocenters. The van der Waals surface area contributed by atoms with Crippen molar-refractivity contribution in [2.24, 2.45) is 0 Å². The van der Waals surface area contributed by atoms with Crippen LogP contribution in [0.5, 0.6) is 0 Å². The first kappa shape index (κ1) is 48.0. The standard InChI is InChI=1S/C32H56O26/c1-48-6-11-16(39)26(56-30-21(44)18(41)13(36)8(3-33)51-30)24(47)29(55-11)50-7-12-17(40)25(23(46)28(49-2)54-12)57-32-27(20(43)15(38)10(5-35)53-32)58-31-22(45)19(42)14(37)9(4-34)52-31/h8-47H,3-7H2,1-2H3/t8-,9-,10-,11-,12-,13-,14-,15-,16-,17-,18+,19+,20+,21+,22+,23+,24+,25+,26+,27+,28-,29+,30-,31-,32-/m1/s1. The van der Waals surface area contributed by atoms with Gasteiger partial charge in [0.25, 0.3) is 0 Å². The van der Waals surface area contributed by atoms with Crippen LogP contribution in [0.4, 0.5) is 0 Å². The van der Waals surface area contributed by atoms with Gasteiger partial charge in [-0.05, 0) is 0 Å². The van der Waals surface area contributed by atoms with Crippen LogP contribution in [-0.4, -0.2) is 277 Å². The third-order valence-electron chi connectivity index (χ3n) is 10.7. The average molecular weight is 857 g/mol. The Morgan fingerprint density at radius 2 is 0.724 bits per heavy atom. The summed E-state index contributed by atoms with van der Waals surface area (Å²) in [4.78, 5) is 0. The summed E-state index contributed by atoms with van der Waals surface area (Å²) in [5.74, 6) is 0. The van der Waals surface area contributed by atoms with Gasteiger partial charge in [-0.2, -0.15) is 0 Å². The van der Waals surface area contributed by atoms with Crippen LogP contribution >= 0.6 is 0 Å². The lowest BCUT2D eigenvalue weighted by Gasteiger charge is -2.48. The Morgan fingerprint density at radius 3 is 1.19 bits per heavy atom. The number of aliphatic hydroxyl groups excluding tert-OH is 15. The van der Waals surface area contributed by atoms with Gasteiger partial charge in [-0.1, -0.05) is 0 Å². The molecule has 0 saturated carbocycles. The summed E-state index contributed by atoms with van der Waals surface area (Å²) in [6.45, 7) is -3.52. The molecule has 0 bridgehead atoms. The first-order valence-corrected chi connectivity index (χ1v) is 18.4. The van der Waals surface area contributed by atoms with Gasteiger partial charge in [0.05, 0.1) is 33.0 Å². The lowest BCUT2D eigenvalue weighted by molar-refractivity contribution is -0.391. The van der Waals surface area contributed by atoms with Crippen molar-refractivity contribution in [1.82, 2.24) is 0 Å². The highest BCUT2D eigenvalue weighted by Crippen LogP contribution is 2.35. The van der Waals surface area contributed by atoms with Crippen LogP contribution in [-0.2, 0) is 52.1 Å². The molecule has 0 spiro atoms. The van der Waals surface area contributed by atoms with Crippen molar-refractivity contribution in [2.75, 3.05) is 47.3 Å². The molecule has 340 valence electrons. The number of ether oxygens (including phenoxy) is 11. The van der Waals surface area contributed by atoms with Gasteiger partial charge in [-0.3, -0.25) is 0 Å². The summed E-state index contributed by atoms with van der Waals surface area (Å²) in [7, 11) is 2.39. The largest absolute Gasteiger partial charge is 0.394 e.